The molecule has 0 heterocycles. The van der Waals surface area contributed by atoms with Crippen molar-refractivity contribution in [1.82, 2.24) is 5.32 Å². The Morgan fingerprint density at radius 3 is 2.69 bits per heavy atom. The first-order valence-electron chi connectivity index (χ1n) is 5.60. The largest absolute Gasteiger partial charge is 0.310 e. The lowest BCUT2D eigenvalue weighted by Crippen LogP contribution is -2.21. The minimum absolute atomic E-state index is 0.759. The number of hydrogen-bond acceptors (Lipinski definition) is 1. The molecule has 0 amide bonds. The highest BCUT2D eigenvalue weighted by Crippen LogP contribution is 2.57. The van der Waals surface area contributed by atoms with Crippen LogP contribution < -0.4 is 5.32 Å². The molecule has 0 aromatic carbocycles. The normalized spacial score (nSPS) is 29.2. The van der Waals surface area contributed by atoms with Crippen molar-refractivity contribution in [2.45, 2.75) is 52.0 Å². The molecule has 0 saturated heterocycles. The van der Waals surface area contributed by atoms with Gasteiger partial charge in [-0.2, -0.15) is 0 Å². The molecule has 2 saturated carbocycles. The van der Waals surface area contributed by atoms with Gasteiger partial charge in [-0.1, -0.05) is 24.5 Å². The molecule has 2 rings (SSSR count). The third-order valence-corrected chi connectivity index (χ3v) is 3.66. The Labute approximate surface area is 81.6 Å². The van der Waals surface area contributed by atoms with Crippen molar-refractivity contribution in [3.8, 4) is 0 Å². The number of nitrogens with one attached hydrogen (secondary N) is 1. The lowest BCUT2D eigenvalue weighted by molar-refractivity contribution is 0.478. The summed E-state index contributed by atoms with van der Waals surface area (Å²) in [6, 6.07) is 0.852. The van der Waals surface area contributed by atoms with Gasteiger partial charge < -0.3 is 5.32 Å². The monoisotopic (exact) mass is 179 g/mol. The molecule has 13 heavy (non-hydrogen) atoms. The fourth-order valence-electron chi connectivity index (χ4n) is 2.67. The van der Waals surface area contributed by atoms with Crippen LogP contribution in [0.15, 0.2) is 11.6 Å². The van der Waals surface area contributed by atoms with Crippen LogP contribution >= 0.6 is 0 Å². The Morgan fingerprint density at radius 1 is 1.38 bits per heavy atom. The molecular formula is C12H21N. The summed E-state index contributed by atoms with van der Waals surface area (Å²) >= 11 is 0. The zero-order valence-electron chi connectivity index (χ0n) is 8.90. The topological polar surface area (TPSA) is 12.0 Å². The fourth-order valence-corrected chi connectivity index (χ4v) is 2.67. The lowest BCUT2D eigenvalue weighted by atomic mass is 10.1. The molecule has 0 radical (unpaired) electrons. The van der Waals surface area contributed by atoms with Gasteiger partial charge in [-0.15, -0.1) is 0 Å². The summed E-state index contributed by atoms with van der Waals surface area (Å²) in [7, 11) is 0. The van der Waals surface area contributed by atoms with Crippen LogP contribution in [0.2, 0.25) is 0 Å². The minimum Gasteiger partial charge on any atom is -0.310 e. The molecule has 1 spiro atoms. The van der Waals surface area contributed by atoms with Gasteiger partial charge in [0, 0.05) is 12.6 Å². The summed E-state index contributed by atoms with van der Waals surface area (Å²) in [6.45, 7) is 5.41. The highest BCUT2D eigenvalue weighted by Gasteiger charge is 2.54. The van der Waals surface area contributed by atoms with Crippen LogP contribution in [0.1, 0.15) is 46.0 Å². The van der Waals surface area contributed by atoms with E-state index in [1.807, 2.05) is 0 Å². The molecule has 0 bridgehead atoms. The molecule has 1 nitrogen and oxygen atoms in total. The van der Waals surface area contributed by atoms with Crippen LogP contribution in [0, 0.1) is 5.41 Å². The Balaban J connectivity index is 1.71. The standard InChI is InChI=1S/C12H21N/c1-10(2)5-8-13-11-9-12(11)6-3-4-7-12/h5,11,13H,3-4,6-9H2,1-2H3. The van der Waals surface area contributed by atoms with E-state index >= 15 is 0 Å². The summed E-state index contributed by atoms with van der Waals surface area (Å²) in [6.07, 6.45) is 9.66. The maximum atomic E-state index is 3.64. The molecule has 0 aromatic rings. The number of allylic oxidation sites excluding steroid dienone is 1. The highest BCUT2D eigenvalue weighted by atomic mass is 15.0. The van der Waals surface area contributed by atoms with E-state index in [9.17, 15) is 0 Å². The Kier molecular flexibility index (Phi) is 2.46. The van der Waals surface area contributed by atoms with Gasteiger partial charge >= 0.3 is 0 Å². The van der Waals surface area contributed by atoms with Crippen LogP contribution in [-0.2, 0) is 0 Å². The van der Waals surface area contributed by atoms with Gasteiger partial charge in [0.1, 0.15) is 0 Å². The first-order chi connectivity index (χ1) is 6.23. The van der Waals surface area contributed by atoms with Crippen molar-refractivity contribution < 1.29 is 0 Å². The van der Waals surface area contributed by atoms with Crippen molar-refractivity contribution in [3.63, 3.8) is 0 Å². The third-order valence-electron chi connectivity index (χ3n) is 3.66. The van der Waals surface area contributed by atoms with E-state index in [0.717, 1.165) is 18.0 Å². The summed E-state index contributed by atoms with van der Waals surface area (Å²) in [5.41, 5.74) is 2.18. The van der Waals surface area contributed by atoms with Gasteiger partial charge in [0.25, 0.3) is 0 Å². The molecule has 74 valence electrons. The van der Waals surface area contributed by atoms with Gasteiger partial charge in [-0.3, -0.25) is 0 Å². The van der Waals surface area contributed by atoms with Crippen LogP contribution in [0.5, 0.6) is 0 Å². The van der Waals surface area contributed by atoms with E-state index in [2.05, 4.69) is 25.2 Å². The predicted octanol–water partition coefficient (Wildman–Crippen LogP) is 2.87. The average Bonchev–Trinajstić information content (AvgIpc) is 2.54. The predicted molar refractivity (Wildman–Crippen MR) is 56.7 cm³/mol. The van der Waals surface area contributed by atoms with Gasteiger partial charge in [0.2, 0.25) is 0 Å². The molecule has 0 aliphatic heterocycles. The second-order valence-corrected chi connectivity index (χ2v) is 5.02. The van der Waals surface area contributed by atoms with Crippen LogP contribution in [-0.4, -0.2) is 12.6 Å². The third kappa shape index (κ3) is 1.96. The summed E-state index contributed by atoms with van der Waals surface area (Å²) < 4.78 is 0. The van der Waals surface area contributed by atoms with Crippen molar-refractivity contribution in [2.75, 3.05) is 6.54 Å². The molecule has 2 aliphatic rings. The first-order valence-corrected chi connectivity index (χ1v) is 5.60. The Hall–Kier alpha value is -0.300. The molecule has 1 atom stereocenters. The van der Waals surface area contributed by atoms with E-state index < -0.39 is 0 Å². The van der Waals surface area contributed by atoms with E-state index in [4.69, 9.17) is 0 Å². The SMILES string of the molecule is CC(C)=CCNC1CC12CCCC2. The molecule has 2 aliphatic carbocycles. The second-order valence-electron chi connectivity index (χ2n) is 5.02. The molecule has 1 heteroatoms. The molecule has 2 fully saturated rings. The van der Waals surface area contributed by atoms with Gasteiger partial charge in [0.15, 0.2) is 0 Å². The highest BCUT2D eigenvalue weighted by molar-refractivity contribution is 5.10. The lowest BCUT2D eigenvalue weighted by Gasteiger charge is -2.07. The molecular weight excluding hydrogens is 158 g/mol. The maximum Gasteiger partial charge on any atom is 0.0140 e. The van der Waals surface area contributed by atoms with Crippen molar-refractivity contribution in [1.29, 1.82) is 0 Å². The van der Waals surface area contributed by atoms with Gasteiger partial charge in [-0.05, 0) is 38.5 Å². The van der Waals surface area contributed by atoms with E-state index in [1.54, 1.807) is 0 Å². The quantitative estimate of drug-likeness (QED) is 0.657. The number of hydrogen-bond donors (Lipinski definition) is 1. The first kappa shape index (κ1) is 9.26. The fraction of sp³-hybridized carbons (Fsp3) is 0.833. The molecule has 0 aromatic heterocycles. The second kappa shape index (κ2) is 3.45. The van der Waals surface area contributed by atoms with Crippen molar-refractivity contribution >= 4 is 0 Å². The van der Waals surface area contributed by atoms with E-state index in [1.165, 1.54) is 37.7 Å². The van der Waals surface area contributed by atoms with Gasteiger partial charge in [-0.25, -0.2) is 0 Å². The Bertz CT molecular complexity index is 207. The molecule has 1 unspecified atom stereocenters. The average molecular weight is 179 g/mol. The zero-order valence-corrected chi connectivity index (χ0v) is 8.90. The van der Waals surface area contributed by atoms with E-state index in [-0.39, 0.29) is 0 Å². The smallest absolute Gasteiger partial charge is 0.0140 e. The Morgan fingerprint density at radius 2 is 2.08 bits per heavy atom. The van der Waals surface area contributed by atoms with Crippen molar-refractivity contribution in [3.05, 3.63) is 11.6 Å². The van der Waals surface area contributed by atoms with Gasteiger partial charge in [0.05, 0.1) is 0 Å². The van der Waals surface area contributed by atoms with Crippen LogP contribution in [0.3, 0.4) is 0 Å². The zero-order chi connectivity index (χ0) is 9.31. The molecule has 1 N–H and O–H groups in total. The summed E-state index contributed by atoms with van der Waals surface area (Å²) in [5, 5.41) is 3.64. The van der Waals surface area contributed by atoms with E-state index in [0.29, 0.717) is 0 Å². The van der Waals surface area contributed by atoms with Crippen LogP contribution in [0.4, 0.5) is 0 Å². The summed E-state index contributed by atoms with van der Waals surface area (Å²) in [4.78, 5) is 0. The van der Waals surface area contributed by atoms with Crippen molar-refractivity contribution in [2.24, 2.45) is 5.41 Å². The maximum absolute atomic E-state index is 3.64. The minimum atomic E-state index is 0.759. The number of rotatable bonds is 3. The van der Waals surface area contributed by atoms with Crippen LogP contribution in [0.25, 0.3) is 0 Å². The summed E-state index contributed by atoms with van der Waals surface area (Å²) in [5.74, 6) is 0.